The van der Waals surface area contributed by atoms with Gasteiger partial charge in [0.1, 0.15) is 0 Å². The number of aromatic nitrogens is 2. The highest BCUT2D eigenvalue weighted by Crippen LogP contribution is 2.00. The molecule has 1 saturated heterocycles. The fourth-order valence-corrected chi connectivity index (χ4v) is 1.36. The lowest BCUT2D eigenvalue weighted by molar-refractivity contribution is -0.759. The van der Waals surface area contributed by atoms with Crippen LogP contribution in [0, 0.1) is 0 Å². The van der Waals surface area contributed by atoms with Crippen LogP contribution >= 0.6 is 0 Å². The van der Waals surface area contributed by atoms with Crippen molar-refractivity contribution in [2.45, 2.75) is 6.92 Å². The van der Waals surface area contributed by atoms with Gasteiger partial charge in [-0.1, -0.05) is 0 Å². The Morgan fingerprint density at radius 3 is 2.88 bits per heavy atom. The van der Waals surface area contributed by atoms with Crippen molar-refractivity contribution in [3.8, 4) is 0 Å². The van der Waals surface area contributed by atoms with E-state index >= 15 is 0 Å². The molecule has 0 aliphatic carbocycles. The van der Waals surface area contributed by atoms with E-state index in [4.69, 9.17) is 9.26 Å². The van der Waals surface area contributed by atoms with E-state index < -0.39 is 0 Å². The number of morpholine rings is 1. The highest BCUT2D eigenvalue weighted by Gasteiger charge is 2.22. The largest absolute Gasteiger partial charge is 1.00 e. The third-order valence-electron chi connectivity index (χ3n) is 2.03. The van der Waals surface area contributed by atoms with Gasteiger partial charge in [0.05, 0.1) is 31.1 Å². The first-order valence-electron chi connectivity index (χ1n) is 4.75. The van der Waals surface area contributed by atoms with Gasteiger partial charge in [-0.15, -0.1) is 5.01 Å². The van der Waals surface area contributed by atoms with Crippen LogP contribution in [0.3, 0.4) is 0 Å². The maximum atomic E-state index is 10.8. The van der Waals surface area contributed by atoms with E-state index in [1.54, 1.807) is 11.0 Å². The van der Waals surface area contributed by atoms with E-state index in [2.05, 4.69) is 10.6 Å². The van der Waals surface area contributed by atoms with Crippen molar-refractivity contribution in [3.63, 3.8) is 0 Å². The monoisotopic (exact) mass is 248 g/mol. The third-order valence-corrected chi connectivity index (χ3v) is 2.03. The number of anilines is 1. The van der Waals surface area contributed by atoms with E-state index in [1.807, 2.05) is 5.01 Å². The molecule has 0 unspecified atom stereocenters. The lowest BCUT2D eigenvalue weighted by atomic mass is 10.5. The Kier molecular flexibility index (Phi) is 4.51. The maximum Gasteiger partial charge on any atom is 0.305 e. The summed E-state index contributed by atoms with van der Waals surface area (Å²) in [4.78, 5) is 12.3. The van der Waals surface area contributed by atoms with Gasteiger partial charge in [0.15, 0.2) is 0 Å². The number of carbonyl (C=O) groups excluding carboxylic acids is 1. The lowest BCUT2D eigenvalue weighted by Gasteiger charge is -2.18. The van der Waals surface area contributed by atoms with Crippen molar-refractivity contribution in [1.82, 2.24) is 5.27 Å². The molecule has 2 rings (SSSR count). The summed E-state index contributed by atoms with van der Waals surface area (Å²) in [5.41, 5.74) is 0. The highest BCUT2D eigenvalue weighted by molar-refractivity contribution is 5.86. The summed E-state index contributed by atoms with van der Waals surface area (Å²) in [6.07, 6.45) is 1.63. The van der Waals surface area contributed by atoms with Crippen molar-refractivity contribution < 1.29 is 31.3 Å². The summed E-state index contributed by atoms with van der Waals surface area (Å²) in [6, 6.07) is 0. The Morgan fingerprint density at radius 1 is 1.56 bits per heavy atom. The standard InChI is InChI=1S/C8H12N4O3.ClH/c1-7(13)9-8-6-12(10-15-8)11-2-4-14-5-3-11;/h6H,2-5H2,1H3;1H. The van der Waals surface area contributed by atoms with Crippen LogP contribution in [0.25, 0.3) is 0 Å². The molecule has 1 aliphatic heterocycles. The number of halogens is 1. The molecule has 0 radical (unpaired) electrons. The number of amides is 1. The molecule has 0 aromatic carbocycles. The van der Waals surface area contributed by atoms with E-state index in [1.165, 1.54) is 6.92 Å². The molecular formula is C8H13ClN4O3. The number of nitrogens with one attached hydrogen (secondary N) is 1. The van der Waals surface area contributed by atoms with Crippen molar-refractivity contribution in [1.29, 1.82) is 0 Å². The second-order valence-corrected chi connectivity index (χ2v) is 3.23. The SMILES string of the molecule is CC(=O)Nc1c[n+](N2CCOCC2)no1.[Cl-]. The Hall–Kier alpha value is -1.34. The molecule has 1 aliphatic rings. The van der Waals surface area contributed by atoms with Gasteiger partial charge < -0.3 is 17.1 Å². The number of ether oxygens (including phenoxy) is 1. The van der Waals surface area contributed by atoms with Crippen molar-refractivity contribution in [2.24, 2.45) is 0 Å². The zero-order valence-corrected chi connectivity index (χ0v) is 9.61. The molecule has 1 N–H and O–H groups in total. The second-order valence-electron chi connectivity index (χ2n) is 3.23. The zero-order chi connectivity index (χ0) is 10.7. The fraction of sp³-hybridized carbons (Fsp3) is 0.625. The molecule has 2 heterocycles. The zero-order valence-electron chi connectivity index (χ0n) is 8.85. The van der Waals surface area contributed by atoms with E-state index in [0.717, 1.165) is 13.1 Å². The molecule has 1 amide bonds. The molecule has 0 saturated carbocycles. The molecule has 1 aromatic heterocycles. The van der Waals surface area contributed by atoms with Crippen molar-refractivity contribution in [2.75, 3.05) is 36.6 Å². The molecule has 1 aromatic rings. The van der Waals surface area contributed by atoms with Crippen LogP contribution in [0.4, 0.5) is 5.88 Å². The fourth-order valence-electron chi connectivity index (χ4n) is 1.36. The van der Waals surface area contributed by atoms with Gasteiger partial charge in [-0.25, -0.2) is 0 Å². The van der Waals surface area contributed by atoms with Crippen LogP contribution < -0.4 is 27.5 Å². The topological polar surface area (TPSA) is 71.5 Å². The summed E-state index contributed by atoms with van der Waals surface area (Å²) in [7, 11) is 0. The number of hydrogen-bond donors (Lipinski definition) is 1. The van der Waals surface area contributed by atoms with Gasteiger partial charge >= 0.3 is 5.88 Å². The summed E-state index contributed by atoms with van der Waals surface area (Å²) >= 11 is 0. The van der Waals surface area contributed by atoms with Crippen LogP contribution in [-0.2, 0) is 9.53 Å². The minimum atomic E-state index is -0.180. The summed E-state index contributed by atoms with van der Waals surface area (Å²) in [5, 5.41) is 8.28. The predicted octanol–water partition coefficient (Wildman–Crippen LogP) is -4.11. The Bertz CT molecular complexity index is 351. The van der Waals surface area contributed by atoms with E-state index in [9.17, 15) is 4.79 Å². The predicted molar refractivity (Wildman–Crippen MR) is 49.8 cm³/mol. The Labute approximate surface area is 98.7 Å². The molecule has 8 heteroatoms. The first-order chi connectivity index (χ1) is 7.25. The lowest BCUT2D eigenvalue weighted by Crippen LogP contribution is -3.00. The molecule has 1 fully saturated rings. The average Bonchev–Trinajstić information content (AvgIpc) is 2.67. The molecule has 0 bridgehead atoms. The minimum Gasteiger partial charge on any atom is -1.00 e. The number of hydrogen-bond acceptors (Lipinski definition) is 5. The normalized spacial score (nSPS) is 15.4. The molecular weight excluding hydrogens is 236 g/mol. The van der Waals surface area contributed by atoms with Gasteiger partial charge in [-0.3, -0.25) is 14.6 Å². The van der Waals surface area contributed by atoms with Crippen LogP contribution in [-0.4, -0.2) is 37.5 Å². The van der Waals surface area contributed by atoms with Crippen LogP contribution in [0.5, 0.6) is 0 Å². The van der Waals surface area contributed by atoms with E-state index in [0.29, 0.717) is 19.1 Å². The van der Waals surface area contributed by atoms with Gasteiger partial charge in [-0.2, -0.15) is 0 Å². The molecule has 0 atom stereocenters. The van der Waals surface area contributed by atoms with Crippen molar-refractivity contribution >= 4 is 11.8 Å². The summed E-state index contributed by atoms with van der Waals surface area (Å²) in [6.45, 7) is 4.29. The number of nitrogens with zero attached hydrogens (tertiary/aromatic N) is 3. The highest BCUT2D eigenvalue weighted by atomic mass is 35.5. The summed E-state index contributed by atoms with van der Waals surface area (Å²) < 4.78 is 10.1. The quantitative estimate of drug-likeness (QED) is 0.539. The molecule has 90 valence electrons. The number of carbonyl (C=O) groups is 1. The third kappa shape index (κ3) is 3.07. The first kappa shape index (κ1) is 12.7. The Morgan fingerprint density at radius 2 is 2.25 bits per heavy atom. The molecule has 7 nitrogen and oxygen atoms in total. The smallest absolute Gasteiger partial charge is 0.305 e. The van der Waals surface area contributed by atoms with Crippen LogP contribution in [0.15, 0.2) is 10.7 Å². The number of rotatable bonds is 2. The van der Waals surface area contributed by atoms with Gasteiger partial charge in [0.25, 0.3) is 6.20 Å². The van der Waals surface area contributed by atoms with Crippen LogP contribution in [0.2, 0.25) is 0 Å². The van der Waals surface area contributed by atoms with E-state index in [-0.39, 0.29) is 18.3 Å². The maximum absolute atomic E-state index is 10.8. The van der Waals surface area contributed by atoms with Gasteiger partial charge in [0.2, 0.25) is 11.2 Å². The molecule has 16 heavy (non-hydrogen) atoms. The minimum absolute atomic E-state index is 0. The van der Waals surface area contributed by atoms with Crippen LogP contribution in [0.1, 0.15) is 6.92 Å². The first-order valence-corrected chi connectivity index (χ1v) is 4.75. The summed E-state index contributed by atoms with van der Waals surface area (Å²) in [5.74, 6) is 0.161. The average molecular weight is 249 g/mol. The van der Waals surface area contributed by atoms with Gasteiger partial charge in [-0.05, 0) is 0 Å². The second kappa shape index (κ2) is 5.66. The van der Waals surface area contributed by atoms with Crippen molar-refractivity contribution in [3.05, 3.63) is 6.20 Å². The molecule has 0 spiro atoms. The Balaban J connectivity index is 0.00000128. The van der Waals surface area contributed by atoms with Gasteiger partial charge in [0, 0.05) is 6.92 Å².